The van der Waals surface area contributed by atoms with Crippen molar-refractivity contribution >= 4 is 11.6 Å². The van der Waals surface area contributed by atoms with Crippen molar-refractivity contribution in [2.45, 2.75) is 12.3 Å². The van der Waals surface area contributed by atoms with Gasteiger partial charge in [-0.2, -0.15) is 0 Å². The quantitative estimate of drug-likeness (QED) is 0.801. The first-order valence-electron chi connectivity index (χ1n) is 4.79. The van der Waals surface area contributed by atoms with Crippen LogP contribution >= 0.6 is 11.6 Å². The molecule has 0 aromatic heterocycles. The van der Waals surface area contributed by atoms with Crippen LogP contribution in [0.3, 0.4) is 0 Å². The van der Waals surface area contributed by atoms with Crippen LogP contribution in [-0.2, 0) is 0 Å². The maximum atomic E-state index is 9.26. The zero-order chi connectivity index (χ0) is 10.2. The number of aliphatic hydroxyl groups excluding tert-OH is 1. The molecule has 1 aromatic rings. The molecule has 2 unspecified atom stereocenters. The summed E-state index contributed by atoms with van der Waals surface area (Å²) >= 11 is 6.08. The number of halogens is 1. The summed E-state index contributed by atoms with van der Waals surface area (Å²) in [5.41, 5.74) is 6.67. The van der Waals surface area contributed by atoms with Gasteiger partial charge in [0.05, 0.1) is 6.61 Å². The Kier molecular flexibility index (Phi) is 2.52. The average molecular weight is 212 g/mol. The molecule has 14 heavy (non-hydrogen) atoms. The molecule has 1 aromatic carbocycles. The Bertz CT molecular complexity index is 336. The summed E-state index contributed by atoms with van der Waals surface area (Å²) in [6, 6.07) is 7.78. The highest BCUT2D eigenvalue weighted by Crippen LogP contribution is 2.59. The first kappa shape index (κ1) is 9.97. The highest BCUT2D eigenvalue weighted by Gasteiger charge is 2.53. The second kappa shape index (κ2) is 3.54. The van der Waals surface area contributed by atoms with Crippen molar-refractivity contribution in [2.24, 2.45) is 11.1 Å². The average Bonchev–Trinajstić information content (AvgIpc) is 2.94. The van der Waals surface area contributed by atoms with Gasteiger partial charge in [0.15, 0.2) is 0 Å². The van der Waals surface area contributed by atoms with Gasteiger partial charge in [-0.15, -0.1) is 0 Å². The van der Waals surface area contributed by atoms with E-state index in [-0.39, 0.29) is 12.0 Å². The lowest BCUT2D eigenvalue weighted by Gasteiger charge is -2.11. The van der Waals surface area contributed by atoms with E-state index in [4.69, 9.17) is 17.3 Å². The summed E-state index contributed by atoms with van der Waals surface area (Å²) in [4.78, 5) is 0. The van der Waals surface area contributed by atoms with Crippen LogP contribution in [0.15, 0.2) is 24.3 Å². The van der Waals surface area contributed by atoms with Crippen LogP contribution in [0.4, 0.5) is 0 Å². The molecule has 0 bridgehead atoms. The molecule has 0 amide bonds. The predicted octanol–water partition coefficient (Wildman–Crippen LogP) is 1.76. The van der Waals surface area contributed by atoms with Gasteiger partial charge in [-0.3, -0.25) is 0 Å². The van der Waals surface area contributed by atoms with Crippen LogP contribution in [0.5, 0.6) is 0 Å². The first-order valence-corrected chi connectivity index (χ1v) is 5.17. The predicted molar refractivity (Wildman–Crippen MR) is 57.4 cm³/mol. The van der Waals surface area contributed by atoms with Crippen molar-refractivity contribution in [3.8, 4) is 0 Å². The van der Waals surface area contributed by atoms with Gasteiger partial charge >= 0.3 is 0 Å². The number of rotatable bonds is 3. The number of aliphatic hydroxyl groups is 1. The molecule has 2 rings (SSSR count). The van der Waals surface area contributed by atoms with Gasteiger partial charge in [0.1, 0.15) is 0 Å². The van der Waals surface area contributed by atoms with Crippen LogP contribution in [-0.4, -0.2) is 18.3 Å². The molecule has 3 heteroatoms. The number of benzene rings is 1. The second-order valence-corrected chi connectivity index (χ2v) is 4.41. The van der Waals surface area contributed by atoms with E-state index in [1.807, 2.05) is 24.3 Å². The summed E-state index contributed by atoms with van der Waals surface area (Å²) in [5, 5.41) is 10.0. The lowest BCUT2D eigenvalue weighted by atomic mass is 10.0. The largest absolute Gasteiger partial charge is 0.396 e. The Morgan fingerprint density at radius 3 is 2.71 bits per heavy atom. The number of nitrogens with two attached hydrogens (primary N) is 1. The summed E-state index contributed by atoms with van der Waals surface area (Å²) in [7, 11) is 0. The summed E-state index contributed by atoms with van der Waals surface area (Å²) in [5.74, 6) is 0.339. The lowest BCUT2D eigenvalue weighted by molar-refractivity contribution is 0.211. The van der Waals surface area contributed by atoms with Gasteiger partial charge < -0.3 is 10.8 Å². The van der Waals surface area contributed by atoms with Crippen molar-refractivity contribution in [3.05, 3.63) is 34.9 Å². The molecule has 1 saturated carbocycles. The smallest absolute Gasteiger partial charge is 0.0505 e. The number of hydrogen-bond donors (Lipinski definition) is 2. The highest BCUT2D eigenvalue weighted by atomic mass is 35.5. The van der Waals surface area contributed by atoms with Crippen LogP contribution < -0.4 is 5.73 Å². The maximum Gasteiger partial charge on any atom is 0.0505 e. The van der Waals surface area contributed by atoms with Gasteiger partial charge in [-0.1, -0.05) is 29.8 Å². The van der Waals surface area contributed by atoms with Crippen molar-refractivity contribution in [1.82, 2.24) is 0 Å². The van der Waals surface area contributed by atoms with Gasteiger partial charge in [-0.05, 0) is 24.0 Å². The first-order chi connectivity index (χ1) is 6.73. The Morgan fingerprint density at radius 1 is 1.50 bits per heavy atom. The zero-order valence-corrected chi connectivity index (χ0v) is 8.67. The molecule has 0 aliphatic heterocycles. The number of hydrogen-bond acceptors (Lipinski definition) is 2. The molecule has 0 spiro atoms. The normalized spacial score (nSPS) is 30.4. The van der Waals surface area contributed by atoms with Gasteiger partial charge in [-0.25, -0.2) is 0 Å². The molecular formula is C11H14ClNO. The van der Waals surface area contributed by atoms with Crippen LogP contribution in [0, 0.1) is 5.41 Å². The summed E-state index contributed by atoms with van der Waals surface area (Å²) in [6.07, 6.45) is 0.948. The van der Waals surface area contributed by atoms with E-state index in [1.165, 1.54) is 0 Å². The highest BCUT2D eigenvalue weighted by molar-refractivity contribution is 6.31. The molecular weight excluding hydrogens is 198 g/mol. The van der Waals surface area contributed by atoms with E-state index in [0.717, 1.165) is 17.0 Å². The van der Waals surface area contributed by atoms with Crippen LogP contribution in [0.25, 0.3) is 0 Å². The van der Waals surface area contributed by atoms with Gasteiger partial charge in [0.2, 0.25) is 0 Å². The Labute approximate surface area is 88.7 Å². The third-order valence-corrected chi connectivity index (χ3v) is 3.54. The Morgan fingerprint density at radius 2 is 2.21 bits per heavy atom. The summed E-state index contributed by atoms with van der Waals surface area (Å²) < 4.78 is 0. The summed E-state index contributed by atoms with van der Waals surface area (Å²) in [6.45, 7) is 0.679. The van der Waals surface area contributed by atoms with Crippen LogP contribution in [0.1, 0.15) is 17.9 Å². The van der Waals surface area contributed by atoms with E-state index in [9.17, 15) is 5.11 Å². The van der Waals surface area contributed by atoms with E-state index < -0.39 is 0 Å². The topological polar surface area (TPSA) is 46.2 Å². The van der Waals surface area contributed by atoms with E-state index in [0.29, 0.717) is 12.5 Å². The second-order valence-electron chi connectivity index (χ2n) is 4.00. The molecule has 3 N–H and O–H groups in total. The van der Waals surface area contributed by atoms with Crippen molar-refractivity contribution < 1.29 is 5.11 Å². The van der Waals surface area contributed by atoms with E-state index in [2.05, 4.69) is 0 Å². The Balaban J connectivity index is 2.24. The molecule has 1 aliphatic rings. The van der Waals surface area contributed by atoms with Crippen molar-refractivity contribution in [1.29, 1.82) is 0 Å². The van der Waals surface area contributed by atoms with Crippen molar-refractivity contribution in [2.75, 3.05) is 13.2 Å². The monoisotopic (exact) mass is 211 g/mol. The van der Waals surface area contributed by atoms with E-state index >= 15 is 0 Å². The molecule has 0 radical (unpaired) electrons. The third kappa shape index (κ3) is 1.44. The SMILES string of the molecule is NCC1(CO)CC1c1ccccc1Cl. The van der Waals surface area contributed by atoms with E-state index in [1.54, 1.807) is 0 Å². The Hall–Kier alpha value is -0.570. The fourth-order valence-electron chi connectivity index (χ4n) is 2.01. The maximum absolute atomic E-state index is 9.26. The minimum absolute atomic E-state index is 0.106. The molecule has 2 nitrogen and oxygen atoms in total. The van der Waals surface area contributed by atoms with Crippen molar-refractivity contribution in [3.63, 3.8) is 0 Å². The van der Waals surface area contributed by atoms with Crippen LogP contribution in [0.2, 0.25) is 5.02 Å². The lowest BCUT2D eigenvalue weighted by Crippen LogP contribution is -2.21. The molecule has 0 saturated heterocycles. The zero-order valence-electron chi connectivity index (χ0n) is 7.91. The molecule has 1 aliphatic carbocycles. The molecule has 0 heterocycles. The molecule has 76 valence electrons. The molecule has 2 atom stereocenters. The van der Waals surface area contributed by atoms with Gasteiger partial charge in [0, 0.05) is 17.0 Å². The van der Waals surface area contributed by atoms with Gasteiger partial charge in [0.25, 0.3) is 0 Å². The third-order valence-electron chi connectivity index (χ3n) is 3.19. The fourth-order valence-corrected chi connectivity index (χ4v) is 2.28. The standard InChI is InChI=1S/C11H14ClNO/c12-10-4-2-1-3-8(10)9-5-11(9,6-13)7-14/h1-4,9,14H,5-7,13H2. The fraction of sp³-hybridized carbons (Fsp3) is 0.455. The minimum atomic E-state index is -0.106. The molecule has 1 fully saturated rings. The minimum Gasteiger partial charge on any atom is -0.396 e.